The number of alkyl halides is 6. The minimum absolute atomic E-state index is 0.00521. The lowest BCUT2D eigenvalue weighted by molar-refractivity contribution is -0.143. The number of rotatable bonds is 1. The summed E-state index contributed by atoms with van der Waals surface area (Å²) in [6, 6.07) is 0.890. The summed E-state index contributed by atoms with van der Waals surface area (Å²) in [5, 5.41) is 1.18. The number of anilines is 1. The molecule has 0 atom stereocenters. The Morgan fingerprint density at radius 1 is 1.00 bits per heavy atom. The third-order valence-corrected chi connectivity index (χ3v) is 2.49. The number of thioether (sulfide) groups is 1. The van der Waals surface area contributed by atoms with Crippen molar-refractivity contribution < 1.29 is 31.1 Å². The molecule has 0 saturated carbocycles. The summed E-state index contributed by atoms with van der Waals surface area (Å²) in [6.07, 6.45) is -8.52. The lowest BCUT2D eigenvalue weighted by atomic mass is 10.1. The molecule has 1 aromatic carbocycles. The van der Waals surface area contributed by atoms with Crippen molar-refractivity contribution in [1.82, 2.24) is 0 Å². The van der Waals surface area contributed by atoms with Gasteiger partial charge in [0.1, 0.15) is 0 Å². The molecule has 0 aromatic heterocycles. The first-order chi connectivity index (χ1) is 8.54. The smallest absolute Gasteiger partial charge is 0.317 e. The molecular formula is C10H7F6NOS. The van der Waals surface area contributed by atoms with Gasteiger partial charge in [-0.05, 0) is 24.5 Å². The second kappa shape index (κ2) is 5.32. The lowest BCUT2D eigenvalue weighted by Gasteiger charge is -2.14. The molecule has 9 heteroatoms. The van der Waals surface area contributed by atoms with Crippen LogP contribution in [0, 0.1) is 0 Å². The third-order valence-electron chi connectivity index (χ3n) is 2.02. The van der Waals surface area contributed by atoms with Gasteiger partial charge in [0.25, 0.3) is 5.24 Å². The van der Waals surface area contributed by atoms with Gasteiger partial charge in [-0.15, -0.1) is 0 Å². The molecule has 1 amide bonds. The quantitative estimate of drug-likeness (QED) is 0.767. The van der Waals surface area contributed by atoms with Gasteiger partial charge in [-0.25, -0.2) is 0 Å². The van der Waals surface area contributed by atoms with E-state index >= 15 is 0 Å². The van der Waals surface area contributed by atoms with Gasteiger partial charge in [0, 0.05) is 5.69 Å². The van der Waals surface area contributed by atoms with Crippen LogP contribution >= 0.6 is 11.8 Å². The van der Waals surface area contributed by atoms with Gasteiger partial charge < -0.3 is 5.32 Å². The Morgan fingerprint density at radius 3 is 1.74 bits per heavy atom. The maximum absolute atomic E-state index is 12.5. The van der Waals surface area contributed by atoms with E-state index in [9.17, 15) is 31.1 Å². The van der Waals surface area contributed by atoms with Crippen molar-refractivity contribution in [3.63, 3.8) is 0 Å². The van der Waals surface area contributed by atoms with Crippen LogP contribution in [0.4, 0.5) is 36.8 Å². The molecule has 0 aliphatic heterocycles. The summed E-state index contributed by atoms with van der Waals surface area (Å²) in [7, 11) is 0. The zero-order chi connectivity index (χ0) is 14.8. The van der Waals surface area contributed by atoms with E-state index in [-0.39, 0.29) is 6.07 Å². The molecule has 0 spiro atoms. The summed E-state index contributed by atoms with van der Waals surface area (Å²) in [4.78, 5) is 11.0. The van der Waals surface area contributed by atoms with Gasteiger partial charge in [-0.1, -0.05) is 11.8 Å². The highest BCUT2D eigenvalue weighted by Crippen LogP contribution is 2.37. The largest absolute Gasteiger partial charge is 0.416 e. The second-order valence-electron chi connectivity index (χ2n) is 3.41. The Morgan fingerprint density at radius 2 is 1.42 bits per heavy atom. The first kappa shape index (κ1) is 15.7. The van der Waals surface area contributed by atoms with Crippen LogP contribution in [-0.4, -0.2) is 11.5 Å². The molecule has 19 heavy (non-hydrogen) atoms. The van der Waals surface area contributed by atoms with Crippen molar-refractivity contribution in [1.29, 1.82) is 0 Å². The Kier molecular flexibility index (Phi) is 4.39. The number of hydrogen-bond acceptors (Lipinski definition) is 2. The SMILES string of the molecule is CSC(=O)Nc1cc(C(F)(F)F)cc(C(F)(F)F)c1. The maximum Gasteiger partial charge on any atom is 0.416 e. The number of carbonyl (C=O) groups is 1. The predicted molar refractivity (Wildman–Crippen MR) is 59.0 cm³/mol. The van der Waals surface area contributed by atoms with Crippen molar-refractivity contribution in [2.24, 2.45) is 0 Å². The highest BCUT2D eigenvalue weighted by molar-refractivity contribution is 8.13. The highest BCUT2D eigenvalue weighted by atomic mass is 32.2. The van der Waals surface area contributed by atoms with E-state index < -0.39 is 34.4 Å². The minimum atomic E-state index is -4.93. The summed E-state index contributed by atoms with van der Waals surface area (Å²) in [5.74, 6) is 0. The number of nitrogens with one attached hydrogen (secondary N) is 1. The molecule has 1 N–H and O–H groups in total. The lowest BCUT2D eigenvalue weighted by Crippen LogP contribution is -2.13. The number of halogens is 6. The molecule has 1 rings (SSSR count). The molecule has 2 nitrogen and oxygen atoms in total. The Balaban J connectivity index is 3.29. The molecule has 0 saturated heterocycles. The number of carbonyl (C=O) groups excluding carboxylic acids is 1. The van der Waals surface area contributed by atoms with Crippen molar-refractivity contribution in [2.75, 3.05) is 11.6 Å². The van der Waals surface area contributed by atoms with Crippen LogP contribution in [0.2, 0.25) is 0 Å². The van der Waals surface area contributed by atoms with Gasteiger partial charge in [-0.2, -0.15) is 26.3 Å². The van der Waals surface area contributed by atoms with Crippen LogP contribution in [0.5, 0.6) is 0 Å². The highest BCUT2D eigenvalue weighted by Gasteiger charge is 2.37. The van der Waals surface area contributed by atoms with E-state index in [1.54, 1.807) is 0 Å². The Bertz CT molecular complexity index is 450. The number of hydrogen-bond donors (Lipinski definition) is 1. The van der Waals surface area contributed by atoms with Crippen LogP contribution in [0.1, 0.15) is 11.1 Å². The van der Waals surface area contributed by atoms with Gasteiger partial charge in [0.05, 0.1) is 11.1 Å². The van der Waals surface area contributed by atoms with Gasteiger partial charge in [0.2, 0.25) is 0 Å². The normalized spacial score (nSPS) is 12.4. The van der Waals surface area contributed by atoms with Crippen molar-refractivity contribution in [2.45, 2.75) is 12.4 Å². The van der Waals surface area contributed by atoms with Gasteiger partial charge in [-0.3, -0.25) is 4.79 Å². The van der Waals surface area contributed by atoms with Gasteiger partial charge >= 0.3 is 12.4 Å². The zero-order valence-electron chi connectivity index (χ0n) is 9.32. The van der Waals surface area contributed by atoms with Crippen molar-refractivity contribution >= 4 is 22.7 Å². The van der Waals surface area contributed by atoms with Crippen LogP contribution in [0.15, 0.2) is 18.2 Å². The molecule has 0 aliphatic rings. The molecule has 0 bridgehead atoms. The average Bonchev–Trinajstić information content (AvgIpc) is 2.26. The predicted octanol–water partition coefficient (Wildman–Crippen LogP) is 4.62. The molecule has 0 heterocycles. The molecule has 0 unspecified atom stereocenters. The monoisotopic (exact) mass is 303 g/mol. The van der Waals surface area contributed by atoms with E-state index in [0.29, 0.717) is 23.9 Å². The van der Waals surface area contributed by atoms with Crippen molar-refractivity contribution in [3.8, 4) is 0 Å². The molecule has 0 radical (unpaired) electrons. The first-order valence-corrected chi connectivity index (χ1v) is 5.91. The zero-order valence-corrected chi connectivity index (χ0v) is 10.1. The van der Waals surface area contributed by atoms with Crippen LogP contribution < -0.4 is 5.32 Å². The fraction of sp³-hybridized carbons (Fsp3) is 0.300. The third kappa shape index (κ3) is 4.34. The molecule has 1 aromatic rings. The second-order valence-corrected chi connectivity index (χ2v) is 4.19. The topological polar surface area (TPSA) is 29.1 Å². The summed E-state index contributed by atoms with van der Waals surface area (Å²) in [6.45, 7) is 0. The van der Waals surface area contributed by atoms with Gasteiger partial charge in [0.15, 0.2) is 0 Å². The van der Waals surface area contributed by atoms with E-state index in [1.807, 2.05) is 5.32 Å². The van der Waals surface area contributed by atoms with E-state index in [4.69, 9.17) is 0 Å². The number of benzene rings is 1. The summed E-state index contributed by atoms with van der Waals surface area (Å²) < 4.78 is 74.8. The van der Waals surface area contributed by atoms with Crippen molar-refractivity contribution in [3.05, 3.63) is 29.3 Å². The Hall–Kier alpha value is -1.38. The van der Waals surface area contributed by atoms with E-state index in [0.717, 1.165) is 0 Å². The average molecular weight is 303 g/mol. The fourth-order valence-corrected chi connectivity index (χ4v) is 1.42. The molecular weight excluding hydrogens is 296 g/mol. The minimum Gasteiger partial charge on any atom is -0.317 e. The molecule has 0 fully saturated rings. The van der Waals surface area contributed by atoms with E-state index in [2.05, 4.69) is 0 Å². The summed E-state index contributed by atoms with van der Waals surface area (Å²) >= 11 is 0.634. The van der Waals surface area contributed by atoms with Crippen LogP contribution in [0.3, 0.4) is 0 Å². The molecule has 106 valence electrons. The van der Waals surface area contributed by atoms with E-state index in [1.165, 1.54) is 6.26 Å². The molecule has 0 aliphatic carbocycles. The number of amides is 1. The Labute approximate surface area is 108 Å². The maximum atomic E-state index is 12.5. The van der Waals surface area contributed by atoms with Crippen LogP contribution in [0.25, 0.3) is 0 Å². The first-order valence-electron chi connectivity index (χ1n) is 4.68. The summed E-state index contributed by atoms with van der Waals surface area (Å²) in [5.41, 5.74) is -3.50. The standard InChI is InChI=1S/C10H7F6NOS/c1-19-8(18)17-7-3-5(9(11,12)13)2-6(4-7)10(14,15)16/h2-4H,1H3,(H,17,18). The van der Waals surface area contributed by atoms with Crippen LogP contribution in [-0.2, 0) is 12.4 Å². The fourth-order valence-electron chi connectivity index (χ4n) is 1.20.